The van der Waals surface area contributed by atoms with Gasteiger partial charge in [0.25, 0.3) is 0 Å². The lowest BCUT2D eigenvalue weighted by atomic mass is 10.2. The first-order chi connectivity index (χ1) is 12.7. The quantitative estimate of drug-likeness (QED) is 0.559. The predicted octanol–water partition coefficient (Wildman–Crippen LogP) is 3.77. The van der Waals surface area contributed by atoms with Crippen LogP contribution in [0.4, 0.5) is 5.95 Å². The molecular formula is C17H18ClN5O2S. The van der Waals surface area contributed by atoms with E-state index in [0.717, 1.165) is 10.4 Å². The van der Waals surface area contributed by atoms with E-state index < -0.39 is 0 Å². The zero-order chi connectivity index (χ0) is 18.4. The fourth-order valence-corrected chi connectivity index (χ4v) is 3.21. The van der Waals surface area contributed by atoms with Gasteiger partial charge in [0.15, 0.2) is 11.5 Å². The minimum atomic E-state index is 0.446. The molecule has 136 valence electrons. The van der Waals surface area contributed by atoms with E-state index in [0.29, 0.717) is 42.2 Å². The number of benzene rings is 1. The summed E-state index contributed by atoms with van der Waals surface area (Å²) in [5.41, 5.74) is 0.920. The SMILES string of the molecule is C=CCn1nnnc1NCc1cc(Cl)c(OCc2cccs2)c(OC)c1. The molecule has 9 heteroatoms. The number of aromatic nitrogens is 4. The summed E-state index contributed by atoms with van der Waals surface area (Å²) in [6.07, 6.45) is 1.72. The largest absolute Gasteiger partial charge is 0.493 e. The molecule has 26 heavy (non-hydrogen) atoms. The van der Waals surface area contributed by atoms with Crippen molar-refractivity contribution in [3.05, 3.63) is 57.8 Å². The van der Waals surface area contributed by atoms with Gasteiger partial charge in [-0.1, -0.05) is 28.8 Å². The minimum Gasteiger partial charge on any atom is -0.493 e. The van der Waals surface area contributed by atoms with E-state index in [9.17, 15) is 0 Å². The third kappa shape index (κ3) is 4.33. The Morgan fingerprint density at radius 1 is 1.42 bits per heavy atom. The highest BCUT2D eigenvalue weighted by molar-refractivity contribution is 7.09. The lowest BCUT2D eigenvalue weighted by Gasteiger charge is -2.14. The van der Waals surface area contributed by atoms with Crippen molar-refractivity contribution in [2.75, 3.05) is 12.4 Å². The Labute approximate surface area is 160 Å². The summed E-state index contributed by atoms with van der Waals surface area (Å²) in [5, 5.41) is 17.1. The Bertz CT molecular complexity index is 866. The summed E-state index contributed by atoms with van der Waals surface area (Å²) in [4.78, 5) is 1.11. The van der Waals surface area contributed by atoms with Crippen LogP contribution in [0.1, 0.15) is 10.4 Å². The second-order valence-electron chi connectivity index (χ2n) is 5.30. The van der Waals surface area contributed by atoms with Gasteiger partial charge in [0.05, 0.1) is 18.7 Å². The maximum Gasteiger partial charge on any atom is 0.243 e. The number of methoxy groups -OCH3 is 1. The van der Waals surface area contributed by atoms with Crippen molar-refractivity contribution in [3.8, 4) is 11.5 Å². The van der Waals surface area contributed by atoms with Crippen LogP contribution in [0.2, 0.25) is 5.02 Å². The molecule has 0 aliphatic heterocycles. The maximum absolute atomic E-state index is 6.41. The second kappa shape index (κ2) is 8.68. The monoisotopic (exact) mass is 391 g/mol. The number of hydrogen-bond acceptors (Lipinski definition) is 7. The molecule has 7 nitrogen and oxygen atoms in total. The third-order valence-electron chi connectivity index (χ3n) is 3.51. The highest BCUT2D eigenvalue weighted by Gasteiger charge is 2.13. The van der Waals surface area contributed by atoms with E-state index in [2.05, 4.69) is 27.4 Å². The van der Waals surface area contributed by atoms with Gasteiger partial charge < -0.3 is 14.8 Å². The Kier molecular flexibility index (Phi) is 6.08. The van der Waals surface area contributed by atoms with Crippen molar-refractivity contribution in [2.45, 2.75) is 19.7 Å². The molecule has 2 aromatic heterocycles. The molecular weight excluding hydrogens is 374 g/mol. The molecule has 1 N–H and O–H groups in total. The van der Waals surface area contributed by atoms with Crippen molar-refractivity contribution in [2.24, 2.45) is 0 Å². The van der Waals surface area contributed by atoms with Gasteiger partial charge in [-0.2, -0.15) is 0 Å². The molecule has 3 rings (SSSR count). The number of thiophene rings is 1. The molecule has 0 aliphatic rings. The fourth-order valence-electron chi connectivity index (χ4n) is 2.31. The average Bonchev–Trinajstić information content (AvgIpc) is 3.31. The van der Waals surface area contributed by atoms with Gasteiger partial charge in [0.1, 0.15) is 6.61 Å². The Balaban J connectivity index is 1.71. The molecule has 0 unspecified atom stereocenters. The molecule has 0 aliphatic carbocycles. The molecule has 3 aromatic rings. The van der Waals surface area contributed by atoms with E-state index in [1.807, 2.05) is 29.6 Å². The number of halogens is 1. The van der Waals surface area contributed by atoms with Crippen LogP contribution in [0.25, 0.3) is 0 Å². The van der Waals surface area contributed by atoms with Crippen LogP contribution in [0.15, 0.2) is 42.3 Å². The van der Waals surface area contributed by atoms with Gasteiger partial charge >= 0.3 is 0 Å². The molecule has 0 radical (unpaired) electrons. The summed E-state index contributed by atoms with van der Waals surface area (Å²) >= 11 is 8.04. The molecule has 2 heterocycles. The van der Waals surface area contributed by atoms with Gasteiger partial charge in [0.2, 0.25) is 5.95 Å². The topological polar surface area (TPSA) is 74.1 Å². The van der Waals surface area contributed by atoms with E-state index >= 15 is 0 Å². The third-order valence-corrected chi connectivity index (χ3v) is 4.64. The molecule has 0 fully saturated rings. The lowest BCUT2D eigenvalue weighted by Crippen LogP contribution is -2.08. The molecule has 0 atom stereocenters. The summed E-state index contributed by atoms with van der Waals surface area (Å²) in [5.74, 6) is 1.66. The normalized spacial score (nSPS) is 10.5. The molecule has 0 saturated carbocycles. The minimum absolute atomic E-state index is 0.446. The van der Waals surface area contributed by atoms with Crippen molar-refractivity contribution < 1.29 is 9.47 Å². The maximum atomic E-state index is 6.41. The fraction of sp³-hybridized carbons (Fsp3) is 0.235. The number of tetrazole rings is 1. The first-order valence-electron chi connectivity index (χ1n) is 7.83. The van der Waals surface area contributed by atoms with Crippen molar-refractivity contribution in [3.63, 3.8) is 0 Å². The number of allylic oxidation sites excluding steroid dienone is 1. The average molecular weight is 392 g/mol. The number of nitrogens with zero attached hydrogens (tertiary/aromatic N) is 4. The second-order valence-corrected chi connectivity index (χ2v) is 6.74. The summed E-state index contributed by atoms with van der Waals surface area (Å²) in [6, 6.07) is 7.71. The predicted molar refractivity (Wildman–Crippen MR) is 102 cm³/mol. The summed E-state index contributed by atoms with van der Waals surface area (Å²) in [7, 11) is 1.59. The number of hydrogen-bond donors (Lipinski definition) is 1. The molecule has 0 amide bonds. The van der Waals surface area contributed by atoms with E-state index in [-0.39, 0.29) is 0 Å². The van der Waals surface area contributed by atoms with E-state index in [4.69, 9.17) is 21.1 Å². The Morgan fingerprint density at radius 2 is 2.31 bits per heavy atom. The van der Waals surface area contributed by atoms with Crippen LogP contribution in [0, 0.1) is 0 Å². The smallest absolute Gasteiger partial charge is 0.243 e. The Hall–Kier alpha value is -2.58. The van der Waals surface area contributed by atoms with E-state index in [1.165, 1.54) is 0 Å². The van der Waals surface area contributed by atoms with Gasteiger partial charge in [-0.25, -0.2) is 4.68 Å². The van der Waals surface area contributed by atoms with Crippen LogP contribution >= 0.6 is 22.9 Å². The van der Waals surface area contributed by atoms with Crippen LogP contribution in [0.3, 0.4) is 0 Å². The van der Waals surface area contributed by atoms with Crippen LogP contribution in [-0.2, 0) is 19.7 Å². The highest BCUT2D eigenvalue weighted by Crippen LogP contribution is 2.37. The number of ether oxygens (including phenoxy) is 2. The van der Waals surface area contributed by atoms with E-state index in [1.54, 1.807) is 29.2 Å². The first kappa shape index (κ1) is 18.2. The van der Waals surface area contributed by atoms with Gasteiger partial charge in [0, 0.05) is 11.4 Å². The lowest BCUT2D eigenvalue weighted by molar-refractivity contribution is 0.287. The zero-order valence-electron chi connectivity index (χ0n) is 14.2. The molecule has 1 aromatic carbocycles. The van der Waals surface area contributed by atoms with Gasteiger partial charge in [-0.3, -0.25) is 0 Å². The number of rotatable bonds is 9. The molecule has 0 spiro atoms. The highest BCUT2D eigenvalue weighted by atomic mass is 35.5. The molecule has 0 saturated heterocycles. The van der Waals surface area contributed by atoms with Crippen molar-refractivity contribution >= 4 is 28.9 Å². The van der Waals surface area contributed by atoms with Gasteiger partial charge in [-0.05, 0) is 39.6 Å². The number of nitrogens with one attached hydrogen (secondary N) is 1. The van der Waals surface area contributed by atoms with Crippen LogP contribution in [0.5, 0.6) is 11.5 Å². The standard InChI is InChI=1S/C17H18ClN5O2S/c1-3-6-23-17(20-21-22-23)19-10-12-8-14(18)16(15(9-12)24-2)25-11-13-5-4-7-26-13/h3-5,7-9H,1,6,10-11H2,2H3,(H,19,20,22). The van der Waals surface area contributed by atoms with Crippen LogP contribution < -0.4 is 14.8 Å². The number of anilines is 1. The first-order valence-corrected chi connectivity index (χ1v) is 9.09. The van der Waals surface area contributed by atoms with Crippen molar-refractivity contribution in [1.29, 1.82) is 0 Å². The molecule has 0 bridgehead atoms. The zero-order valence-corrected chi connectivity index (χ0v) is 15.8. The van der Waals surface area contributed by atoms with Crippen molar-refractivity contribution in [1.82, 2.24) is 20.2 Å². The van der Waals surface area contributed by atoms with Gasteiger partial charge in [-0.15, -0.1) is 17.9 Å². The summed E-state index contributed by atoms with van der Waals surface area (Å²) < 4.78 is 12.9. The Morgan fingerprint density at radius 3 is 3.04 bits per heavy atom. The summed E-state index contributed by atoms with van der Waals surface area (Å²) in [6.45, 7) is 5.14. The van der Waals surface area contributed by atoms with Crippen LogP contribution in [-0.4, -0.2) is 27.3 Å².